The van der Waals surface area contributed by atoms with Crippen molar-refractivity contribution < 1.29 is 0 Å². The molecule has 0 spiro atoms. The fourth-order valence-electron chi connectivity index (χ4n) is 5.89. The Morgan fingerprint density at radius 2 is 1.39 bits per heavy atom. The molecule has 2 aromatic heterocycles. The van der Waals surface area contributed by atoms with Crippen LogP contribution in [0.3, 0.4) is 0 Å². The summed E-state index contributed by atoms with van der Waals surface area (Å²) < 4.78 is 2.43. The number of aryl methyl sites for hydroxylation is 2. The summed E-state index contributed by atoms with van der Waals surface area (Å²) in [6.07, 6.45) is 0. The van der Waals surface area contributed by atoms with Gasteiger partial charge in [0, 0.05) is 21.5 Å². The predicted molar refractivity (Wildman–Crippen MR) is 138 cm³/mol. The van der Waals surface area contributed by atoms with Gasteiger partial charge in [-0.3, -0.25) is 0 Å². The molecule has 7 aromatic rings. The SMILES string of the molecule is Cc1cc(C#N)cc(C)c1-c1ccc2c(c1)c1cccc3c4c5ccccc5ccc4n2c13. The molecule has 0 atom stereocenters. The zero-order valence-electron chi connectivity index (χ0n) is 18.5. The number of nitrogens with zero attached hydrogens (tertiary/aromatic N) is 2. The summed E-state index contributed by atoms with van der Waals surface area (Å²) in [7, 11) is 0. The minimum absolute atomic E-state index is 0.717. The molecule has 0 saturated heterocycles. The van der Waals surface area contributed by atoms with Gasteiger partial charge in [0.2, 0.25) is 0 Å². The highest BCUT2D eigenvalue weighted by Crippen LogP contribution is 2.42. The minimum Gasteiger partial charge on any atom is -0.308 e. The second-order valence-electron chi connectivity index (χ2n) is 9.05. The second-order valence-corrected chi connectivity index (χ2v) is 9.05. The molecular weight excluding hydrogens is 400 g/mol. The van der Waals surface area contributed by atoms with Crippen LogP contribution in [0.2, 0.25) is 0 Å². The van der Waals surface area contributed by atoms with E-state index in [0.29, 0.717) is 5.56 Å². The van der Waals surface area contributed by atoms with E-state index < -0.39 is 0 Å². The van der Waals surface area contributed by atoms with E-state index in [4.69, 9.17) is 0 Å². The number of rotatable bonds is 1. The molecule has 0 aliphatic heterocycles. The first-order chi connectivity index (χ1) is 16.2. The maximum atomic E-state index is 9.34. The largest absolute Gasteiger partial charge is 0.308 e. The van der Waals surface area contributed by atoms with Crippen molar-refractivity contribution in [2.24, 2.45) is 0 Å². The molecular formula is C31H20N2. The van der Waals surface area contributed by atoms with Gasteiger partial charge in [0.25, 0.3) is 0 Å². The smallest absolute Gasteiger partial charge is 0.0991 e. The molecule has 0 N–H and O–H groups in total. The fraction of sp³-hybridized carbons (Fsp3) is 0.0645. The highest BCUT2D eigenvalue weighted by Gasteiger charge is 2.19. The third-order valence-electron chi connectivity index (χ3n) is 7.15. The van der Waals surface area contributed by atoms with Crippen molar-refractivity contribution in [2.45, 2.75) is 13.8 Å². The van der Waals surface area contributed by atoms with E-state index in [1.165, 1.54) is 60.0 Å². The molecule has 0 radical (unpaired) electrons. The summed E-state index contributed by atoms with van der Waals surface area (Å²) >= 11 is 0. The minimum atomic E-state index is 0.717. The van der Waals surface area contributed by atoms with Crippen molar-refractivity contribution in [3.05, 3.63) is 102 Å². The van der Waals surface area contributed by atoms with Gasteiger partial charge >= 0.3 is 0 Å². The number of hydrogen-bond donors (Lipinski definition) is 0. The maximum Gasteiger partial charge on any atom is 0.0991 e. The van der Waals surface area contributed by atoms with Crippen LogP contribution in [0.1, 0.15) is 16.7 Å². The van der Waals surface area contributed by atoms with Crippen LogP contribution in [0.4, 0.5) is 0 Å². The van der Waals surface area contributed by atoms with E-state index in [-0.39, 0.29) is 0 Å². The lowest BCUT2D eigenvalue weighted by molar-refractivity contribution is 1.35. The van der Waals surface area contributed by atoms with Crippen LogP contribution in [-0.2, 0) is 0 Å². The molecule has 0 saturated carbocycles. The lowest BCUT2D eigenvalue weighted by atomic mass is 9.93. The molecule has 0 unspecified atom stereocenters. The van der Waals surface area contributed by atoms with Crippen molar-refractivity contribution in [3.63, 3.8) is 0 Å². The number of nitriles is 1. The van der Waals surface area contributed by atoms with Crippen LogP contribution in [-0.4, -0.2) is 4.40 Å². The zero-order chi connectivity index (χ0) is 22.3. The number of fused-ring (bicyclic) bond motifs is 8. The molecule has 0 aliphatic carbocycles. The highest BCUT2D eigenvalue weighted by atomic mass is 14.9. The summed E-state index contributed by atoms with van der Waals surface area (Å²) in [4.78, 5) is 0. The Bertz CT molecular complexity index is 1920. The van der Waals surface area contributed by atoms with Gasteiger partial charge in [0.05, 0.1) is 28.2 Å². The molecule has 2 heterocycles. The third-order valence-corrected chi connectivity index (χ3v) is 7.15. The van der Waals surface area contributed by atoms with E-state index in [2.05, 4.69) is 97.1 Å². The van der Waals surface area contributed by atoms with Crippen molar-refractivity contribution in [2.75, 3.05) is 0 Å². The van der Waals surface area contributed by atoms with Crippen LogP contribution in [0, 0.1) is 25.2 Å². The Morgan fingerprint density at radius 3 is 2.21 bits per heavy atom. The van der Waals surface area contributed by atoms with Gasteiger partial charge < -0.3 is 4.40 Å². The van der Waals surface area contributed by atoms with Crippen molar-refractivity contribution in [3.8, 4) is 17.2 Å². The molecule has 154 valence electrons. The molecule has 5 aromatic carbocycles. The molecule has 33 heavy (non-hydrogen) atoms. The first-order valence-corrected chi connectivity index (χ1v) is 11.3. The molecule has 0 bridgehead atoms. The molecule has 0 amide bonds. The first-order valence-electron chi connectivity index (χ1n) is 11.3. The Balaban J connectivity index is 1.61. The van der Waals surface area contributed by atoms with Gasteiger partial charge in [-0.15, -0.1) is 0 Å². The van der Waals surface area contributed by atoms with E-state index in [1.54, 1.807) is 0 Å². The van der Waals surface area contributed by atoms with Crippen LogP contribution in [0.5, 0.6) is 0 Å². The molecule has 0 fully saturated rings. The summed E-state index contributed by atoms with van der Waals surface area (Å²) in [5, 5.41) is 17.1. The number of aromatic nitrogens is 1. The molecule has 0 aliphatic rings. The Kier molecular flexibility index (Phi) is 3.51. The van der Waals surface area contributed by atoms with E-state index in [9.17, 15) is 5.26 Å². The Hall–Kier alpha value is -4.35. The van der Waals surface area contributed by atoms with E-state index in [1.807, 2.05) is 12.1 Å². The van der Waals surface area contributed by atoms with Gasteiger partial charge in [-0.2, -0.15) is 5.26 Å². The van der Waals surface area contributed by atoms with Gasteiger partial charge in [-0.25, -0.2) is 0 Å². The summed E-state index contributed by atoms with van der Waals surface area (Å²) in [5.74, 6) is 0. The second kappa shape index (κ2) is 6.34. The zero-order valence-corrected chi connectivity index (χ0v) is 18.5. The highest BCUT2D eigenvalue weighted by molar-refractivity contribution is 6.28. The lowest BCUT2D eigenvalue weighted by Crippen LogP contribution is -1.91. The van der Waals surface area contributed by atoms with Crippen LogP contribution in [0.15, 0.2) is 84.9 Å². The van der Waals surface area contributed by atoms with Crippen LogP contribution < -0.4 is 0 Å². The van der Waals surface area contributed by atoms with Crippen molar-refractivity contribution in [1.29, 1.82) is 5.26 Å². The molecule has 2 heteroatoms. The summed E-state index contributed by atoms with van der Waals surface area (Å²) in [5.41, 5.74) is 9.20. The van der Waals surface area contributed by atoms with Crippen molar-refractivity contribution >= 4 is 48.9 Å². The Labute approximate surface area is 191 Å². The average Bonchev–Trinajstić information content (AvgIpc) is 3.35. The standard InChI is InChI=1S/C31H20N2/c1-18-14-20(17-32)15-19(2)29(18)22-11-12-27-26(16-22)24-8-5-9-25-30-23-7-4-3-6-21(23)10-13-28(30)33(27)31(24)25/h3-16H,1-2H3. The predicted octanol–water partition coefficient (Wildman–Crippen LogP) is 8.15. The van der Waals surface area contributed by atoms with E-state index in [0.717, 1.165) is 11.1 Å². The number of para-hydroxylation sites is 1. The topological polar surface area (TPSA) is 28.2 Å². The number of benzene rings is 5. The third kappa shape index (κ3) is 2.31. The van der Waals surface area contributed by atoms with Gasteiger partial charge in [0.15, 0.2) is 0 Å². The summed E-state index contributed by atoms with van der Waals surface area (Å²) in [6.45, 7) is 4.19. The summed E-state index contributed by atoms with van der Waals surface area (Å²) in [6, 6.07) is 32.9. The van der Waals surface area contributed by atoms with Crippen LogP contribution >= 0.6 is 0 Å². The first kappa shape index (κ1) is 18.2. The van der Waals surface area contributed by atoms with Gasteiger partial charge in [-0.05, 0) is 77.2 Å². The van der Waals surface area contributed by atoms with E-state index >= 15 is 0 Å². The lowest BCUT2D eigenvalue weighted by Gasteiger charge is -2.11. The molecule has 7 rings (SSSR count). The quantitative estimate of drug-likeness (QED) is 0.263. The maximum absolute atomic E-state index is 9.34. The van der Waals surface area contributed by atoms with Gasteiger partial charge in [-0.1, -0.05) is 54.6 Å². The van der Waals surface area contributed by atoms with Crippen molar-refractivity contribution in [1.82, 2.24) is 4.40 Å². The Morgan fingerprint density at radius 1 is 0.667 bits per heavy atom. The monoisotopic (exact) mass is 420 g/mol. The fourth-order valence-corrected chi connectivity index (χ4v) is 5.89. The molecule has 2 nitrogen and oxygen atoms in total. The average molecular weight is 421 g/mol. The van der Waals surface area contributed by atoms with Gasteiger partial charge in [0.1, 0.15) is 0 Å². The van der Waals surface area contributed by atoms with Crippen LogP contribution in [0.25, 0.3) is 60.0 Å². The number of hydrogen-bond acceptors (Lipinski definition) is 1. The normalized spacial score (nSPS) is 11.9.